The predicted molar refractivity (Wildman–Crippen MR) is 171 cm³/mol. The van der Waals surface area contributed by atoms with Gasteiger partial charge in [0, 0.05) is 27.5 Å². The summed E-state index contributed by atoms with van der Waals surface area (Å²) in [5, 5.41) is 11.4. The molecule has 1 aliphatic carbocycles. The minimum atomic E-state index is -0.922. The van der Waals surface area contributed by atoms with Crippen LogP contribution in [0.4, 0.5) is 0 Å². The van der Waals surface area contributed by atoms with Gasteiger partial charge in [-0.2, -0.15) is 0 Å². The Morgan fingerprint density at radius 1 is 0.744 bits per heavy atom. The molecule has 0 aromatic heterocycles. The van der Waals surface area contributed by atoms with E-state index in [-0.39, 0.29) is 18.6 Å². The third kappa shape index (κ3) is 4.10. The molecule has 0 amide bonds. The van der Waals surface area contributed by atoms with Crippen molar-refractivity contribution in [3.8, 4) is 34.1 Å². The fourth-order valence-corrected chi connectivity index (χ4v) is 6.84. The lowest BCUT2D eigenvalue weighted by Crippen LogP contribution is -2.35. The van der Waals surface area contributed by atoms with Crippen LogP contribution < -0.4 is 18.9 Å². The second-order valence-electron chi connectivity index (χ2n) is 11.6. The SMILES string of the molecule is COc1ccc(C2(c3ccc(OCCO)cc3)C=Cc3c4c(c5ccc(OC)cc5c3O2)-c2ccccc2C4(C)C)cc1. The van der Waals surface area contributed by atoms with Gasteiger partial charge in [-0.1, -0.05) is 68.5 Å². The standard InChI is InChI=1S/C38H34O5/c1-37(2)33-8-6-5-7-30(33)34-29-18-17-28(41-4)23-32(29)36-31(35(34)37)19-20-38(43-36,24-9-13-26(40-3)14-10-24)25-11-15-27(16-12-25)42-22-21-39/h5-20,23,39H,21-22H2,1-4H3. The van der Waals surface area contributed by atoms with Crippen molar-refractivity contribution in [3.05, 3.63) is 125 Å². The molecule has 0 saturated heterocycles. The van der Waals surface area contributed by atoms with Crippen LogP contribution in [0.3, 0.4) is 0 Å². The average Bonchev–Trinajstić information content (AvgIpc) is 3.30. The van der Waals surface area contributed by atoms with Crippen LogP contribution in [0, 0.1) is 0 Å². The van der Waals surface area contributed by atoms with Gasteiger partial charge in [0.05, 0.1) is 20.8 Å². The molecule has 1 aliphatic heterocycles. The summed E-state index contributed by atoms with van der Waals surface area (Å²) in [5.41, 5.74) is 6.98. The van der Waals surface area contributed by atoms with E-state index >= 15 is 0 Å². The van der Waals surface area contributed by atoms with Crippen LogP contribution >= 0.6 is 0 Å². The zero-order valence-electron chi connectivity index (χ0n) is 24.8. The average molecular weight is 571 g/mol. The Kier molecular flexibility index (Phi) is 6.44. The number of benzene rings is 5. The Morgan fingerprint density at radius 2 is 1.40 bits per heavy atom. The van der Waals surface area contributed by atoms with Crippen molar-refractivity contribution in [2.75, 3.05) is 27.4 Å². The number of hydrogen-bond acceptors (Lipinski definition) is 5. The van der Waals surface area contributed by atoms with Gasteiger partial charge in [0.2, 0.25) is 0 Å². The summed E-state index contributed by atoms with van der Waals surface area (Å²) in [5.74, 6) is 3.07. The lowest BCUT2D eigenvalue weighted by molar-refractivity contribution is 0.163. The number of hydrogen-bond donors (Lipinski definition) is 1. The van der Waals surface area contributed by atoms with E-state index in [0.717, 1.165) is 44.7 Å². The topological polar surface area (TPSA) is 57.2 Å². The maximum atomic E-state index is 9.22. The lowest BCUT2D eigenvalue weighted by atomic mass is 9.77. The molecule has 0 radical (unpaired) electrons. The first kappa shape index (κ1) is 27.1. The molecule has 216 valence electrons. The minimum absolute atomic E-state index is 0.0404. The number of aliphatic hydroxyl groups excluding tert-OH is 1. The smallest absolute Gasteiger partial charge is 0.178 e. The van der Waals surface area contributed by atoms with Crippen molar-refractivity contribution >= 4 is 16.8 Å². The van der Waals surface area contributed by atoms with E-state index in [1.54, 1.807) is 14.2 Å². The fraction of sp³-hybridized carbons (Fsp3) is 0.211. The van der Waals surface area contributed by atoms with E-state index < -0.39 is 5.60 Å². The minimum Gasteiger partial charge on any atom is -0.497 e. The van der Waals surface area contributed by atoms with Gasteiger partial charge in [-0.05, 0) is 76.2 Å². The van der Waals surface area contributed by atoms with Crippen LogP contribution in [-0.4, -0.2) is 32.5 Å². The third-order valence-electron chi connectivity index (χ3n) is 8.91. The first-order valence-electron chi connectivity index (χ1n) is 14.6. The van der Waals surface area contributed by atoms with Crippen LogP contribution in [0.5, 0.6) is 23.0 Å². The highest BCUT2D eigenvalue weighted by atomic mass is 16.5. The summed E-state index contributed by atoms with van der Waals surface area (Å²) in [6, 6.07) is 30.9. The van der Waals surface area contributed by atoms with Gasteiger partial charge in [-0.15, -0.1) is 0 Å². The maximum Gasteiger partial charge on any atom is 0.178 e. The van der Waals surface area contributed by atoms with Crippen molar-refractivity contribution in [3.63, 3.8) is 0 Å². The molecule has 0 spiro atoms. The van der Waals surface area contributed by atoms with E-state index in [4.69, 9.17) is 18.9 Å². The van der Waals surface area contributed by atoms with Crippen molar-refractivity contribution in [1.82, 2.24) is 0 Å². The summed E-state index contributed by atoms with van der Waals surface area (Å²) in [7, 11) is 3.37. The molecule has 5 aromatic carbocycles. The van der Waals surface area contributed by atoms with Gasteiger partial charge in [0.1, 0.15) is 29.6 Å². The number of rotatable bonds is 7. The first-order chi connectivity index (χ1) is 20.9. The molecule has 1 N–H and O–H groups in total. The van der Waals surface area contributed by atoms with E-state index in [1.807, 2.05) is 42.5 Å². The lowest BCUT2D eigenvalue weighted by Gasteiger charge is -2.38. The molecule has 7 rings (SSSR count). The van der Waals surface area contributed by atoms with Crippen LogP contribution in [0.1, 0.15) is 41.7 Å². The number of fused-ring (bicyclic) bond motifs is 8. The molecule has 5 aromatic rings. The molecule has 0 fully saturated rings. The quantitative estimate of drug-likeness (QED) is 0.216. The van der Waals surface area contributed by atoms with Crippen molar-refractivity contribution < 1.29 is 24.1 Å². The Hall–Kier alpha value is -4.74. The van der Waals surface area contributed by atoms with Crippen LogP contribution in [0.25, 0.3) is 28.0 Å². The largest absolute Gasteiger partial charge is 0.497 e. The summed E-state index contributed by atoms with van der Waals surface area (Å²) in [4.78, 5) is 0. The van der Waals surface area contributed by atoms with Crippen molar-refractivity contribution in [2.45, 2.75) is 24.9 Å². The highest BCUT2D eigenvalue weighted by molar-refractivity contribution is 6.08. The molecule has 43 heavy (non-hydrogen) atoms. The molecule has 0 bridgehead atoms. The Labute approximate surface area is 251 Å². The Morgan fingerprint density at radius 3 is 2.07 bits per heavy atom. The number of ether oxygens (including phenoxy) is 4. The summed E-state index contributed by atoms with van der Waals surface area (Å²) >= 11 is 0. The maximum absolute atomic E-state index is 9.22. The van der Waals surface area contributed by atoms with Gasteiger partial charge in [0.25, 0.3) is 0 Å². The van der Waals surface area contributed by atoms with Gasteiger partial charge >= 0.3 is 0 Å². The number of methoxy groups -OCH3 is 2. The second-order valence-corrected chi connectivity index (χ2v) is 11.6. The van der Waals surface area contributed by atoms with E-state index in [9.17, 15) is 5.11 Å². The first-order valence-corrected chi connectivity index (χ1v) is 14.6. The molecular formula is C38H34O5. The predicted octanol–water partition coefficient (Wildman–Crippen LogP) is 7.88. The summed E-state index contributed by atoms with van der Waals surface area (Å²) < 4.78 is 24.2. The zero-order chi connectivity index (χ0) is 29.8. The van der Waals surface area contributed by atoms with E-state index in [1.165, 1.54) is 22.3 Å². The van der Waals surface area contributed by atoms with E-state index in [2.05, 4.69) is 74.5 Å². The molecule has 5 nitrogen and oxygen atoms in total. The Balaban J connectivity index is 1.50. The molecule has 2 aliphatic rings. The fourth-order valence-electron chi connectivity index (χ4n) is 6.84. The van der Waals surface area contributed by atoms with Crippen LogP contribution in [-0.2, 0) is 11.0 Å². The molecule has 1 heterocycles. The number of aliphatic hydroxyl groups is 1. The van der Waals surface area contributed by atoms with E-state index in [0.29, 0.717) is 5.75 Å². The molecule has 1 unspecified atom stereocenters. The normalized spacial score (nSPS) is 17.5. The second kappa shape index (κ2) is 10.2. The van der Waals surface area contributed by atoms with Gasteiger partial charge in [-0.25, -0.2) is 0 Å². The molecule has 1 atom stereocenters. The van der Waals surface area contributed by atoms with Gasteiger partial charge < -0.3 is 24.1 Å². The third-order valence-corrected chi connectivity index (χ3v) is 8.91. The summed E-state index contributed by atoms with van der Waals surface area (Å²) in [6.07, 6.45) is 4.41. The van der Waals surface area contributed by atoms with Gasteiger partial charge in [-0.3, -0.25) is 0 Å². The summed E-state index contributed by atoms with van der Waals surface area (Å²) in [6.45, 7) is 4.81. The van der Waals surface area contributed by atoms with Crippen LogP contribution in [0.2, 0.25) is 0 Å². The monoisotopic (exact) mass is 570 g/mol. The molecular weight excluding hydrogens is 536 g/mol. The van der Waals surface area contributed by atoms with Crippen molar-refractivity contribution in [2.24, 2.45) is 0 Å². The van der Waals surface area contributed by atoms with Crippen LogP contribution in [0.15, 0.2) is 97.1 Å². The highest BCUT2D eigenvalue weighted by Gasteiger charge is 2.44. The van der Waals surface area contributed by atoms with Crippen molar-refractivity contribution in [1.29, 1.82) is 0 Å². The van der Waals surface area contributed by atoms with Gasteiger partial charge in [0.15, 0.2) is 5.60 Å². The Bertz CT molecular complexity index is 1870. The molecule has 5 heteroatoms. The molecule has 0 saturated carbocycles. The zero-order valence-corrected chi connectivity index (χ0v) is 24.8. The highest BCUT2D eigenvalue weighted by Crippen LogP contribution is 2.58.